The van der Waals surface area contributed by atoms with Crippen LogP contribution in [0.2, 0.25) is 0 Å². The number of hydrogen-bond acceptors (Lipinski definition) is 4. The highest BCUT2D eigenvalue weighted by Gasteiger charge is 2.24. The van der Waals surface area contributed by atoms with Crippen molar-refractivity contribution in [2.75, 3.05) is 5.73 Å². The lowest BCUT2D eigenvalue weighted by Gasteiger charge is -2.12. The summed E-state index contributed by atoms with van der Waals surface area (Å²) in [6, 6.07) is 11.0. The zero-order valence-corrected chi connectivity index (χ0v) is 12.5. The molecule has 6 heteroatoms. The van der Waals surface area contributed by atoms with Gasteiger partial charge in [0.15, 0.2) is 0 Å². The summed E-state index contributed by atoms with van der Waals surface area (Å²) in [5, 5.41) is 0. The first-order valence-electron chi connectivity index (χ1n) is 7.35. The van der Waals surface area contributed by atoms with Crippen LogP contribution in [-0.4, -0.2) is 15.7 Å². The van der Waals surface area contributed by atoms with Crippen molar-refractivity contribution in [3.8, 4) is 11.3 Å². The second-order valence-electron chi connectivity index (χ2n) is 5.41. The molecule has 1 aromatic heterocycles. The van der Waals surface area contributed by atoms with E-state index < -0.39 is 11.6 Å². The predicted molar refractivity (Wildman–Crippen MR) is 87.6 cm³/mol. The molecule has 0 bridgehead atoms. The van der Waals surface area contributed by atoms with Crippen molar-refractivity contribution in [1.82, 2.24) is 9.97 Å². The molecule has 4 nitrogen and oxygen atoms in total. The number of rotatable bonds is 1. The first-order valence-corrected chi connectivity index (χ1v) is 7.35. The van der Waals surface area contributed by atoms with Gasteiger partial charge in [0.2, 0.25) is 5.95 Å². The summed E-state index contributed by atoms with van der Waals surface area (Å²) in [5.74, 6) is -1.16. The Labute approximate surface area is 136 Å². The molecule has 4 rings (SSSR count). The van der Waals surface area contributed by atoms with Crippen molar-refractivity contribution in [1.29, 1.82) is 0 Å². The van der Waals surface area contributed by atoms with Crippen molar-refractivity contribution in [3.63, 3.8) is 0 Å². The Bertz CT molecular complexity index is 962. The molecule has 1 aliphatic heterocycles. The molecule has 0 saturated carbocycles. The number of anilines is 1. The molecule has 0 amide bonds. The summed E-state index contributed by atoms with van der Waals surface area (Å²) >= 11 is 0. The van der Waals surface area contributed by atoms with Gasteiger partial charge in [0.25, 0.3) is 0 Å². The van der Waals surface area contributed by atoms with E-state index >= 15 is 0 Å². The van der Waals surface area contributed by atoms with Crippen molar-refractivity contribution < 1.29 is 8.78 Å². The third kappa shape index (κ3) is 2.23. The zero-order valence-electron chi connectivity index (χ0n) is 12.5. The van der Waals surface area contributed by atoms with E-state index in [0.717, 1.165) is 11.1 Å². The van der Waals surface area contributed by atoms with Gasteiger partial charge in [-0.3, -0.25) is 4.99 Å². The highest BCUT2D eigenvalue weighted by Crippen LogP contribution is 2.32. The van der Waals surface area contributed by atoms with Gasteiger partial charge in [0.1, 0.15) is 11.6 Å². The number of nitrogens with two attached hydrogens (primary N) is 1. The number of aromatic nitrogens is 2. The molecule has 0 fully saturated rings. The average molecular weight is 322 g/mol. The topological polar surface area (TPSA) is 64.2 Å². The van der Waals surface area contributed by atoms with E-state index in [-0.39, 0.29) is 23.8 Å². The normalized spacial score (nSPS) is 12.8. The third-order valence-electron chi connectivity index (χ3n) is 3.93. The molecule has 2 heterocycles. The summed E-state index contributed by atoms with van der Waals surface area (Å²) in [5.41, 5.74) is 8.54. The van der Waals surface area contributed by atoms with Crippen LogP contribution in [0.5, 0.6) is 0 Å². The maximum absolute atomic E-state index is 14.3. The van der Waals surface area contributed by atoms with Crippen molar-refractivity contribution in [2.24, 2.45) is 4.99 Å². The van der Waals surface area contributed by atoms with E-state index in [1.807, 2.05) is 12.1 Å². The van der Waals surface area contributed by atoms with Gasteiger partial charge in [0.05, 0.1) is 23.5 Å². The van der Waals surface area contributed by atoms with Gasteiger partial charge in [-0.1, -0.05) is 30.3 Å². The minimum absolute atomic E-state index is 0.140. The molecule has 1 aliphatic rings. The fraction of sp³-hybridized carbons (Fsp3) is 0.0556. The second kappa shape index (κ2) is 5.49. The third-order valence-corrected chi connectivity index (χ3v) is 3.93. The molecule has 2 N–H and O–H groups in total. The molecule has 0 aliphatic carbocycles. The van der Waals surface area contributed by atoms with Crippen LogP contribution >= 0.6 is 0 Å². The predicted octanol–water partition coefficient (Wildman–Crippen LogP) is 3.36. The number of halogens is 2. The zero-order chi connectivity index (χ0) is 16.7. The number of fused-ring (bicyclic) bond motifs is 3. The molecular weight excluding hydrogens is 310 g/mol. The van der Waals surface area contributed by atoms with Gasteiger partial charge in [-0.05, 0) is 12.1 Å². The summed E-state index contributed by atoms with van der Waals surface area (Å²) in [7, 11) is 0. The summed E-state index contributed by atoms with van der Waals surface area (Å²) in [6.07, 6.45) is 1.60. The molecule has 0 unspecified atom stereocenters. The van der Waals surface area contributed by atoms with Gasteiger partial charge >= 0.3 is 0 Å². The number of benzene rings is 2. The van der Waals surface area contributed by atoms with E-state index in [4.69, 9.17) is 5.73 Å². The largest absolute Gasteiger partial charge is 0.368 e. The molecule has 24 heavy (non-hydrogen) atoms. The molecule has 0 spiro atoms. The van der Waals surface area contributed by atoms with E-state index in [9.17, 15) is 8.78 Å². The molecule has 0 radical (unpaired) electrons. The van der Waals surface area contributed by atoms with E-state index in [1.54, 1.807) is 18.3 Å². The highest BCUT2D eigenvalue weighted by molar-refractivity contribution is 6.17. The maximum Gasteiger partial charge on any atom is 0.220 e. The van der Waals surface area contributed by atoms with Gasteiger partial charge in [-0.2, -0.15) is 0 Å². The van der Waals surface area contributed by atoms with Crippen LogP contribution in [0.3, 0.4) is 0 Å². The number of hydrogen-bond donors (Lipinski definition) is 1. The van der Waals surface area contributed by atoms with Gasteiger partial charge < -0.3 is 5.73 Å². The second-order valence-corrected chi connectivity index (χ2v) is 5.41. The van der Waals surface area contributed by atoms with Crippen LogP contribution in [-0.2, 0) is 6.54 Å². The lowest BCUT2D eigenvalue weighted by atomic mass is 9.95. The fourth-order valence-electron chi connectivity index (χ4n) is 2.85. The molecule has 3 aromatic rings. The minimum Gasteiger partial charge on any atom is -0.368 e. The smallest absolute Gasteiger partial charge is 0.220 e. The molecule has 0 atom stereocenters. The number of aliphatic imine (C=N–C) groups is 1. The lowest BCUT2D eigenvalue weighted by molar-refractivity contribution is 0.579. The maximum atomic E-state index is 14.3. The highest BCUT2D eigenvalue weighted by atomic mass is 19.1. The Balaban J connectivity index is 2.02. The Morgan fingerprint density at radius 2 is 1.62 bits per heavy atom. The first kappa shape index (κ1) is 14.4. The van der Waals surface area contributed by atoms with Gasteiger partial charge in [0, 0.05) is 22.9 Å². The van der Waals surface area contributed by atoms with Gasteiger partial charge in [-0.25, -0.2) is 18.7 Å². The van der Waals surface area contributed by atoms with Crippen molar-refractivity contribution in [2.45, 2.75) is 6.54 Å². The SMILES string of the molecule is Nc1ncc2c(n1)-c1ccccc1C(c1c(F)cccc1F)=NC2. The number of nitrogens with zero attached hydrogens (tertiary/aromatic N) is 3. The Kier molecular flexibility index (Phi) is 3.30. The average Bonchev–Trinajstić information content (AvgIpc) is 2.73. The van der Waals surface area contributed by atoms with Crippen LogP contribution in [0.15, 0.2) is 53.7 Å². The van der Waals surface area contributed by atoms with Crippen LogP contribution in [0.4, 0.5) is 14.7 Å². The minimum atomic E-state index is -0.653. The Hall–Kier alpha value is -3.15. The first-order chi connectivity index (χ1) is 11.6. The molecule has 2 aromatic carbocycles. The fourth-order valence-corrected chi connectivity index (χ4v) is 2.85. The molecule has 0 saturated heterocycles. The lowest BCUT2D eigenvalue weighted by Crippen LogP contribution is -2.10. The van der Waals surface area contributed by atoms with Crippen LogP contribution in [0.1, 0.15) is 16.7 Å². The van der Waals surface area contributed by atoms with Crippen molar-refractivity contribution in [3.05, 3.63) is 77.0 Å². The summed E-state index contributed by atoms with van der Waals surface area (Å²) < 4.78 is 28.6. The standard InChI is InChI=1S/C18H12F2N4/c19-13-6-3-7-14(20)15(13)17-12-5-2-1-4-11(12)16-10(8-22-17)9-23-18(21)24-16/h1-7,9H,8H2,(H2,21,23,24). The van der Waals surface area contributed by atoms with Crippen LogP contribution in [0.25, 0.3) is 11.3 Å². The van der Waals surface area contributed by atoms with Crippen molar-refractivity contribution >= 4 is 11.7 Å². The Morgan fingerprint density at radius 3 is 2.38 bits per heavy atom. The monoisotopic (exact) mass is 322 g/mol. The van der Waals surface area contributed by atoms with E-state index in [1.165, 1.54) is 18.2 Å². The summed E-state index contributed by atoms with van der Waals surface area (Å²) in [6.45, 7) is 0.216. The van der Waals surface area contributed by atoms with Crippen LogP contribution in [0, 0.1) is 11.6 Å². The van der Waals surface area contributed by atoms with Crippen LogP contribution < -0.4 is 5.73 Å². The Morgan fingerprint density at radius 1 is 0.917 bits per heavy atom. The van der Waals surface area contributed by atoms with Gasteiger partial charge in [-0.15, -0.1) is 0 Å². The number of nitrogen functional groups attached to an aromatic ring is 1. The molecule has 118 valence electrons. The molecular formula is C18H12F2N4. The quantitative estimate of drug-likeness (QED) is 0.747. The van der Waals surface area contributed by atoms with E-state index in [2.05, 4.69) is 15.0 Å². The summed E-state index contributed by atoms with van der Waals surface area (Å²) in [4.78, 5) is 12.7. The van der Waals surface area contributed by atoms with E-state index in [0.29, 0.717) is 11.3 Å².